The van der Waals surface area contributed by atoms with Gasteiger partial charge in [-0.05, 0) is 19.8 Å². The van der Waals surface area contributed by atoms with Gasteiger partial charge in [0.1, 0.15) is 5.78 Å². The maximum absolute atomic E-state index is 11.0. The first kappa shape index (κ1) is 10.8. The highest BCUT2D eigenvalue weighted by Crippen LogP contribution is 2.19. The van der Waals surface area contributed by atoms with Crippen LogP contribution in [0.25, 0.3) is 0 Å². The van der Waals surface area contributed by atoms with E-state index >= 15 is 0 Å². The van der Waals surface area contributed by atoms with Crippen molar-refractivity contribution in [3.8, 4) is 0 Å². The molecule has 0 saturated heterocycles. The monoisotopic (exact) mass is 225 g/mol. The molecule has 1 heterocycles. The highest BCUT2D eigenvalue weighted by atomic mass is 32.1. The van der Waals surface area contributed by atoms with E-state index in [0.29, 0.717) is 25.2 Å². The van der Waals surface area contributed by atoms with Crippen molar-refractivity contribution in [1.29, 1.82) is 0 Å². The molecule has 1 aromatic rings. The molecule has 4 heteroatoms. The van der Waals surface area contributed by atoms with Gasteiger partial charge in [-0.3, -0.25) is 4.79 Å². The van der Waals surface area contributed by atoms with Crippen LogP contribution in [0.15, 0.2) is 5.38 Å². The van der Waals surface area contributed by atoms with Crippen LogP contribution < -0.4 is 0 Å². The molecule has 0 bridgehead atoms. The van der Waals surface area contributed by atoms with Crippen molar-refractivity contribution < 1.29 is 9.53 Å². The Balaban J connectivity index is 1.76. The number of hydrogen-bond donors (Lipinski definition) is 0. The van der Waals surface area contributed by atoms with E-state index in [2.05, 4.69) is 4.98 Å². The molecule has 0 spiro atoms. The van der Waals surface area contributed by atoms with Gasteiger partial charge in [-0.2, -0.15) is 0 Å². The van der Waals surface area contributed by atoms with Gasteiger partial charge in [0.25, 0.3) is 0 Å². The molecule has 82 valence electrons. The Hall–Kier alpha value is -0.740. The smallest absolute Gasteiger partial charge is 0.133 e. The maximum Gasteiger partial charge on any atom is 0.133 e. The molecule has 3 nitrogen and oxygen atoms in total. The van der Waals surface area contributed by atoms with Crippen molar-refractivity contribution in [1.82, 2.24) is 4.98 Å². The first-order valence-electron chi connectivity index (χ1n) is 5.28. The molecule has 0 aromatic carbocycles. The third-order valence-electron chi connectivity index (χ3n) is 2.62. The second kappa shape index (κ2) is 4.86. The number of hydrogen-bond acceptors (Lipinski definition) is 4. The van der Waals surface area contributed by atoms with Crippen LogP contribution in [0.4, 0.5) is 0 Å². The lowest BCUT2D eigenvalue weighted by molar-refractivity contribution is -0.123. The van der Waals surface area contributed by atoms with E-state index < -0.39 is 0 Å². The molecule has 0 N–H and O–H groups in total. The molecule has 0 radical (unpaired) electrons. The van der Waals surface area contributed by atoms with Gasteiger partial charge in [0.05, 0.1) is 23.4 Å². The zero-order valence-electron chi connectivity index (χ0n) is 8.86. The van der Waals surface area contributed by atoms with E-state index in [1.807, 2.05) is 12.3 Å². The molecule has 0 amide bonds. The summed E-state index contributed by atoms with van der Waals surface area (Å²) < 4.78 is 5.72. The van der Waals surface area contributed by atoms with Crippen LogP contribution >= 0.6 is 11.3 Å². The summed E-state index contributed by atoms with van der Waals surface area (Å²) in [5, 5.41) is 3.11. The van der Waals surface area contributed by atoms with Crippen LogP contribution in [0.3, 0.4) is 0 Å². The quantitative estimate of drug-likeness (QED) is 0.793. The third kappa shape index (κ3) is 3.11. The summed E-state index contributed by atoms with van der Waals surface area (Å²) in [5.74, 6) is 0.374. The molecule has 1 aliphatic carbocycles. The highest BCUT2D eigenvalue weighted by Gasteiger charge is 2.19. The SMILES string of the molecule is Cc1nc(COC2CCC(=O)CC2)cs1. The second-order valence-electron chi connectivity index (χ2n) is 3.91. The van der Waals surface area contributed by atoms with Crippen molar-refractivity contribution in [3.63, 3.8) is 0 Å². The van der Waals surface area contributed by atoms with E-state index in [1.54, 1.807) is 11.3 Å². The van der Waals surface area contributed by atoms with Gasteiger partial charge in [-0.25, -0.2) is 4.98 Å². The van der Waals surface area contributed by atoms with E-state index in [1.165, 1.54) is 0 Å². The number of ketones is 1. The van der Waals surface area contributed by atoms with E-state index in [4.69, 9.17) is 4.74 Å². The molecule has 0 aliphatic heterocycles. The second-order valence-corrected chi connectivity index (χ2v) is 4.97. The standard InChI is InChI=1S/C11H15NO2S/c1-8-12-9(7-15-8)6-14-11-4-2-10(13)3-5-11/h7,11H,2-6H2,1H3. The third-order valence-corrected chi connectivity index (χ3v) is 3.45. The topological polar surface area (TPSA) is 39.2 Å². The maximum atomic E-state index is 11.0. The number of thiazole rings is 1. The van der Waals surface area contributed by atoms with Gasteiger partial charge in [0.15, 0.2) is 0 Å². The molecule has 0 atom stereocenters. The largest absolute Gasteiger partial charge is 0.372 e. The van der Waals surface area contributed by atoms with Crippen LogP contribution in [0.2, 0.25) is 0 Å². The number of Topliss-reactive ketones (excluding diaryl/α,β-unsaturated/α-hetero) is 1. The van der Waals surface area contributed by atoms with Crippen molar-refractivity contribution in [3.05, 3.63) is 16.1 Å². The van der Waals surface area contributed by atoms with Crippen LogP contribution in [0, 0.1) is 6.92 Å². The highest BCUT2D eigenvalue weighted by molar-refractivity contribution is 7.09. The Morgan fingerprint density at radius 2 is 2.27 bits per heavy atom. The minimum Gasteiger partial charge on any atom is -0.372 e. The molecule has 1 fully saturated rings. The van der Waals surface area contributed by atoms with Crippen LogP contribution in [-0.2, 0) is 16.1 Å². The Kier molecular flexibility index (Phi) is 3.49. The van der Waals surface area contributed by atoms with Gasteiger partial charge in [-0.1, -0.05) is 0 Å². The number of carbonyl (C=O) groups is 1. The fourth-order valence-corrected chi connectivity index (χ4v) is 2.36. The van der Waals surface area contributed by atoms with Gasteiger partial charge < -0.3 is 4.74 Å². The Morgan fingerprint density at radius 1 is 1.53 bits per heavy atom. The predicted octanol–water partition coefficient (Wildman–Crippen LogP) is 2.48. The van der Waals surface area contributed by atoms with Gasteiger partial charge in [-0.15, -0.1) is 11.3 Å². The number of nitrogens with zero attached hydrogens (tertiary/aromatic N) is 1. The summed E-state index contributed by atoms with van der Waals surface area (Å²) in [4.78, 5) is 15.4. The number of carbonyl (C=O) groups excluding carboxylic acids is 1. The number of aryl methyl sites for hydroxylation is 1. The van der Waals surface area contributed by atoms with Crippen molar-refractivity contribution in [2.24, 2.45) is 0 Å². The molecule has 0 unspecified atom stereocenters. The van der Waals surface area contributed by atoms with Crippen LogP contribution in [0.1, 0.15) is 36.4 Å². The fourth-order valence-electron chi connectivity index (χ4n) is 1.76. The van der Waals surface area contributed by atoms with E-state index in [0.717, 1.165) is 23.5 Å². The Bertz CT molecular complexity index is 338. The first-order chi connectivity index (χ1) is 7.24. The molecule has 2 rings (SSSR count). The number of aromatic nitrogens is 1. The summed E-state index contributed by atoms with van der Waals surface area (Å²) in [6.07, 6.45) is 3.37. The molecule has 1 saturated carbocycles. The van der Waals surface area contributed by atoms with Gasteiger partial charge in [0, 0.05) is 18.2 Å². The predicted molar refractivity (Wildman–Crippen MR) is 58.9 cm³/mol. The summed E-state index contributed by atoms with van der Waals surface area (Å²) in [5.41, 5.74) is 1.01. The Morgan fingerprint density at radius 3 is 2.87 bits per heavy atom. The molecule has 15 heavy (non-hydrogen) atoms. The van der Waals surface area contributed by atoms with Gasteiger partial charge >= 0.3 is 0 Å². The lowest BCUT2D eigenvalue weighted by Gasteiger charge is -2.20. The fraction of sp³-hybridized carbons (Fsp3) is 0.636. The number of ether oxygens (including phenoxy) is 1. The van der Waals surface area contributed by atoms with Crippen LogP contribution in [-0.4, -0.2) is 16.9 Å². The minimum absolute atomic E-state index is 0.254. The normalized spacial score (nSPS) is 18.3. The van der Waals surface area contributed by atoms with E-state index in [9.17, 15) is 4.79 Å². The number of rotatable bonds is 3. The zero-order chi connectivity index (χ0) is 10.7. The minimum atomic E-state index is 0.254. The van der Waals surface area contributed by atoms with E-state index in [-0.39, 0.29) is 6.10 Å². The van der Waals surface area contributed by atoms with Crippen LogP contribution in [0.5, 0.6) is 0 Å². The molecular weight excluding hydrogens is 210 g/mol. The lowest BCUT2D eigenvalue weighted by atomic mass is 9.96. The molecular formula is C11H15NO2S. The molecule has 1 aromatic heterocycles. The lowest BCUT2D eigenvalue weighted by Crippen LogP contribution is -2.21. The van der Waals surface area contributed by atoms with Gasteiger partial charge in [0.2, 0.25) is 0 Å². The Labute approximate surface area is 93.5 Å². The summed E-state index contributed by atoms with van der Waals surface area (Å²) in [7, 11) is 0. The average Bonchev–Trinajstić information content (AvgIpc) is 2.64. The average molecular weight is 225 g/mol. The summed E-state index contributed by atoms with van der Waals surface area (Å²) in [6, 6.07) is 0. The van der Waals surface area contributed by atoms with Crippen molar-refractivity contribution >= 4 is 17.1 Å². The van der Waals surface area contributed by atoms with Crippen molar-refractivity contribution in [2.45, 2.75) is 45.3 Å². The first-order valence-corrected chi connectivity index (χ1v) is 6.16. The summed E-state index contributed by atoms with van der Waals surface area (Å²) in [6.45, 7) is 2.58. The zero-order valence-corrected chi connectivity index (χ0v) is 9.68. The summed E-state index contributed by atoms with van der Waals surface area (Å²) >= 11 is 1.65. The van der Waals surface area contributed by atoms with Crippen molar-refractivity contribution in [2.75, 3.05) is 0 Å². The molecule has 1 aliphatic rings.